The first-order chi connectivity index (χ1) is 13.2. The molecule has 0 unspecified atom stereocenters. The lowest BCUT2D eigenvalue weighted by Crippen LogP contribution is -2.38. The summed E-state index contributed by atoms with van der Waals surface area (Å²) < 4.78 is 10.8. The fourth-order valence-electron chi connectivity index (χ4n) is 2.40. The lowest BCUT2D eigenvalue weighted by Gasteiger charge is -2.12. The Hall–Kier alpha value is -1.99. The maximum Gasteiger partial charge on any atom is 0.191 e. The Balaban J connectivity index is 0.00000392. The number of aromatic nitrogens is 1. The molecule has 0 saturated carbocycles. The molecule has 0 aliphatic rings. The zero-order valence-electron chi connectivity index (χ0n) is 16.4. The molecule has 0 saturated heterocycles. The van der Waals surface area contributed by atoms with E-state index < -0.39 is 0 Å². The van der Waals surface area contributed by atoms with Gasteiger partial charge in [0.1, 0.15) is 6.61 Å². The molecular formula is C20H27IN4O2S. The molecule has 0 aliphatic carbocycles. The molecule has 6 nitrogen and oxygen atoms in total. The summed E-state index contributed by atoms with van der Waals surface area (Å²) >= 11 is 1.67. The van der Waals surface area contributed by atoms with Crippen LogP contribution < -0.4 is 20.1 Å². The van der Waals surface area contributed by atoms with Gasteiger partial charge < -0.3 is 20.1 Å². The minimum absolute atomic E-state index is 0. The normalized spacial score (nSPS) is 10.6. The first kappa shape index (κ1) is 24.0. The van der Waals surface area contributed by atoms with Gasteiger partial charge >= 0.3 is 0 Å². The Morgan fingerprint density at radius 2 is 2.14 bits per heavy atom. The number of nitrogens with zero attached hydrogens (tertiary/aromatic N) is 2. The van der Waals surface area contributed by atoms with Crippen LogP contribution in [0.3, 0.4) is 0 Å². The quantitative estimate of drug-likeness (QED) is 0.233. The van der Waals surface area contributed by atoms with Gasteiger partial charge in [-0.3, -0.25) is 0 Å². The van der Waals surface area contributed by atoms with Gasteiger partial charge in [-0.2, -0.15) is 0 Å². The minimum Gasteiger partial charge on any atom is -0.493 e. The van der Waals surface area contributed by atoms with Crippen molar-refractivity contribution in [3.05, 3.63) is 39.8 Å². The van der Waals surface area contributed by atoms with E-state index in [1.165, 1.54) is 0 Å². The second-order valence-electron chi connectivity index (χ2n) is 5.71. The van der Waals surface area contributed by atoms with Crippen LogP contribution in [0.5, 0.6) is 11.5 Å². The Labute approximate surface area is 188 Å². The Morgan fingerprint density at radius 1 is 1.32 bits per heavy atom. The van der Waals surface area contributed by atoms with Gasteiger partial charge in [-0.25, -0.2) is 9.98 Å². The van der Waals surface area contributed by atoms with E-state index in [0.29, 0.717) is 18.0 Å². The molecule has 1 aromatic carbocycles. The average molecular weight is 514 g/mol. The summed E-state index contributed by atoms with van der Waals surface area (Å²) in [6.45, 7) is 6.34. The molecule has 1 heterocycles. The van der Waals surface area contributed by atoms with Crippen molar-refractivity contribution < 1.29 is 9.47 Å². The van der Waals surface area contributed by atoms with E-state index in [-0.39, 0.29) is 30.6 Å². The van der Waals surface area contributed by atoms with Crippen molar-refractivity contribution in [1.29, 1.82) is 0 Å². The van der Waals surface area contributed by atoms with E-state index in [9.17, 15) is 0 Å². The molecule has 28 heavy (non-hydrogen) atoms. The number of nitrogens with one attached hydrogen (secondary N) is 2. The monoisotopic (exact) mass is 514 g/mol. The number of terminal acetylenes is 1. The van der Waals surface area contributed by atoms with Crippen molar-refractivity contribution in [3.63, 3.8) is 0 Å². The van der Waals surface area contributed by atoms with Crippen molar-refractivity contribution in [2.24, 2.45) is 4.99 Å². The standard InChI is InChI=1S/C20H26N4O2S.HI/c1-5-11-26-19-12-16(7-8-18(19)25-4)13-23-20(21-6-2)22-10-9-17-14-27-15(3)24-17;/h1,7-8,12,14H,6,9-11,13H2,2-4H3,(H2,21,22,23);1H. The highest BCUT2D eigenvalue weighted by atomic mass is 127. The molecule has 1 aromatic heterocycles. The number of aliphatic imine (C=N–C) groups is 1. The van der Waals surface area contributed by atoms with Crippen molar-refractivity contribution in [3.8, 4) is 23.8 Å². The Kier molecular flexibility index (Phi) is 11.4. The molecule has 0 bridgehead atoms. The first-order valence-corrected chi connectivity index (χ1v) is 9.70. The van der Waals surface area contributed by atoms with Crippen LogP contribution >= 0.6 is 35.3 Å². The van der Waals surface area contributed by atoms with E-state index >= 15 is 0 Å². The van der Waals surface area contributed by atoms with Crippen LogP contribution in [0.15, 0.2) is 28.6 Å². The highest BCUT2D eigenvalue weighted by molar-refractivity contribution is 14.0. The lowest BCUT2D eigenvalue weighted by atomic mass is 10.2. The molecule has 152 valence electrons. The molecule has 0 amide bonds. The van der Waals surface area contributed by atoms with Crippen LogP contribution in [0.4, 0.5) is 0 Å². The predicted octanol–water partition coefficient (Wildman–Crippen LogP) is 3.39. The zero-order chi connectivity index (χ0) is 19.5. The van der Waals surface area contributed by atoms with Crippen molar-refractivity contribution in [2.75, 3.05) is 26.8 Å². The highest BCUT2D eigenvalue weighted by Crippen LogP contribution is 2.28. The second kappa shape index (κ2) is 13.2. The minimum atomic E-state index is 0. The summed E-state index contributed by atoms with van der Waals surface area (Å²) in [4.78, 5) is 9.11. The number of hydrogen-bond donors (Lipinski definition) is 2. The summed E-state index contributed by atoms with van der Waals surface area (Å²) in [7, 11) is 1.60. The Bertz CT molecular complexity index is 802. The van der Waals surface area contributed by atoms with Gasteiger partial charge in [0.05, 0.1) is 24.4 Å². The molecule has 0 atom stereocenters. The molecule has 8 heteroatoms. The third-order valence-corrected chi connectivity index (χ3v) is 4.47. The maximum absolute atomic E-state index is 5.54. The molecular weight excluding hydrogens is 487 g/mol. The van der Waals surface area contributed by atoms with Crippen LogP contribution in [0, 0.1) is 19.3 Å². The van der Waals surface area contributed by atoms with E-state index in [2.05, 4.69) is 31.9 Å². The highest BCUT2D eigenvalue weighted by Gasteiger charge is 2.06. The zero-order valence-corrected chi connectivity index (χ0v) is 19.6. The summed E-state index contributed by atoms with van der Waals surface area (Å²) in [5.41, 5.74) is 2.11. The van der Waals surface area contributed by atoms with Crippen LogP contribution in [0.25, 0.3) is 0 Å². The number of ether oxygens (including phenoxy) is 2. The number of halogens is 1. The van der Waals surface area contributed by atoms with Gasteiger partial charge in [0.2, 0.25) is 0 Å². The number of hydrogen-bond acceptors (Lipinski definition) is 5. The van der Waals surface area contributed by atoms with Gasteiger partial charge in [-0.1, -0.05) is 12.0 Å². The van der Waals surface area contributed by atoms with Gasteiger partial charge in [0, 0.05) is 24.9 Å². The summed E-state index contributed by atoms with van der Waals surface area (Å²) in [6, 6.07) is 5.73. The smallest absolute Gasteiger partial charge is 0.191 e. The largest absolute Gasteiger partial charge is 0.493 e. The van der Waals surface area contributed by atoms with E-state index in [4.69, 9.17) is 15.9 Å². The van der Waals surface area contributed by atoms with Gasteiger partial charge in [0.25, 0.3) is 0 Å². The van der Waals surface area contributed by atoms with Gasteiger partial charge in [0.15, 0.2) is 17.5 Å². The SMILES string of the molecule is C#CCOc1cc(CN=C(NCC)NCCc2csc(C)n2)ccc1OC.I. The number of rotatable bonds is 9. The van der Waals surface area contributed by atoms with Crippen LogP contribution in [0.2, 0.25) is 0 Å². The maximum atomic E-state index is 5.54. The van der Waals surface area contributed by atoms with E-state index in [1.807, 2.05) is 32.0 Å². The average Bonchev–Trinajstić information content (AvgIpc) is 3.09. The number of methoxy groups -OCH3 is 1. The van der Waals surface area contributed by atoms with Gasteiger partial charge in [-0.15, -0.1) is 41.7 Å². The molecule has 0 fully saturated rings. The number of benzene rings is 1. The van der Waals surface area contributed by atoms with Crippen LogP contribution in [0.1, 0.15) is 23.2 Å². The van der Waals surface area contributed by atoms with Crippen molar-refractivity contribution in [2.45, 2.75) is 26.8 Å². The topological polar surface area (TPSA) is 67.8 Å². The number of guanidine groups is 1. The summed E-state index contributed by atoms with van der Waals surface area (Å²) in [5, 5.41) is 9.78. The third kappa shape index (κ3) is 7.94. The van der Waals surface area contributed by atoms with E-state index in [1.54, 1.807) is 18.4 Å². The molecule has 2 aromatic rings. The third-order valence-electron chi connectivity index (χ3n) is 3.64. The van der Waals surface area contributed by atoms with Crippen molar-refractivity contribution in [1.82, 2.24) is 15.6 Å². The van der Waals surface area contributed by atoms with Crippen LogP contribution in [-0.2, 0) is 13.0 Å². The van der Waals surface area contributed by atoms with Crippen LogP contribution in [-0.4, -0.2) is 37.7 Å². The molecule has 2 N–H and O–H groups in total. The van der Waals surface area contributed by atoms with Crippen molar-refractivity contribution >= 4 is 41.3 Å². The Morgan fingerprint density at radius 3 is 2.79 bits per heavy atom. The first-order valence-electron chi connectivity index (χ1n) is 8.82. The lowest BCUT2D eigenvalue weighted by molar-refractivity contribution is 0.330. The number of aryl methyl sites for hydroxylation is 1. The molecule has 0 aliphatic heterocycles. The second-order valence-corrected chi connectivity index (χ2v) is 6.77. The fourth-order valence-corrected chi connectivity index (χ4v) is 3.04. The van der Waals surface area contributed by atoms with E-state index in [0.717, 1.165) is 41.7 Å². The fraction of sp³-hybridized carbons (Fsp3) is 0.400. The molecule has 2 rings (SSSR count). The number of thiazole rings is 1. The van der Waals surface area contributed by atoms with Gasteiger partial charge in [-0.05, 0) is 31.5 Å². The summed E-state index contributed by atoms with van der Waals surface area (Å²) in [5.74, 6) is 4.51. The summed E-state index contributed by atoms with van der Waals surface area (Å²) in [6.07, 6.45) is 6.13. The molecule has 0 spiro atoms. The predicted molar refractivity (Wildman–Crippen MR) is 126 cm³/mol. The molecule has 0 radical (unpaired) electrons.